The first-order valence-corrected chi connectivity index (χ1v) is 3.00. The maximum Gasteiger partial charge on any atom is 0 e. The first-order valence-electron chi connectivity index (χ1n) is 1.00. The first kappa shape index (κ1) is 26.8. The van der Waals surface area contributed by atoms with Gasteiger partial charge in [0.2, 0.25) is 0 Å². The Labute approximate surface area is 78.9 Å². The van der Waals surface area contributed by atoms with Crippen LogP contribution in [0, 0.1) is 0 Å². The zero-order chi connectivity index (χ0) is 2.00. The maximum absolute atomic E-state index is 2.14. The quantitative estimate of drug-likeness (QED) is 0.407. The van der Waals surface area contributed by atoms with Gasteiger partial charge in [0.05, 0.1) is 0 Å². The fourth-order valence-corrected chi connectivity index (χ4v) is 0. The SMILES string of the molecule is C[SiH3].[AlH3].[SnH2].[Ti]. The van der Waals surface area contributed by atoms with Crippen LogP contribution in [-0.2, 0) is 21.7 Å². The Morgan fingerprint density at radius 1 is 1.20 bits per heavy atom. The molecule has 0 atom stereocenters. The van der Waals surface area contributed by atoms with Crippen molar-refractivity contribution in [3.8, 4) is 0 Å². The molecule has 0 amide bonds. The van der Waals surface area contributed by atoms with Crippen LogP contribution in [0.5, 0.6) is 0 Å². The van der Waals surface area contributed by atoms with Crippen LogP contribution in [0.3, 0.4) is 0 Å². The minimum Gasteiger partial charge on any atom is 0 e. The maximum atomic E-state index is 2.14. The van der Waals surface area contributed by atoms with Gasteiger partial charge in [-0.3, -0.25) is 0 Å². The molecular weight excluding hydrogens is 234 g/mol. The van der Waals surface area contributed by atoms with Crippen LogP contribution >= 0.6 is 0 Å². The Balaban J connectivity index is -0.00000000167. The van der Waals surface area contributed by atoms with E-state index in [1.54, 1.807) is 0 Å². The van der Waals surface area contributed by atoms with E-state index >= 15 is 0 Å². The van der Waals surface area contributed by atoms with Crippen LogP contribution in [0.25, 0.3) is 0 Å². The van der Waals surface area contributed by atoms with E-state index in [0.29, 0.717) is 0 Å². The molecule has 0 aromatic heterocycles. The summed E-state index contributed by atoms with van der Waals surface area (Å²) in [5.74, 6) is 0. The molecule has 30 valence electrons. The van der Waals surface area contributed by atoms with Gasteiger partial charge in [-0.25, -0.2) is 0 Å². The molecule has 0 rings (SSSR count). The van der Waals surface area contributed by atoms with Crippen molar-refractivity contribution >= 4 is 51.5 Å². The van der Waals surface area contributed by atoms with Crippen molar-refractivity contribution in [2.75, 3.05) is 0 Å². The van der Waals surface area contributed by atoms with Crippen molar-refractivity contribution in [3.63, 3.8) is 0 Å². The molecule has 0 aromatic rings. The molecule has 0 N–H and O–H groups in total. The van der Waals surface area contributed by atoms with Crippen LogP contribution in [0.4, 0.5) is 0 Å². The van der Waals surface area contributed by atoms with Crippen LogP contribution < -0.4 is 0 Å². The summed E-state index contributed by atoms with van der Waals surface area (Å²) in [6.07, 6.45) is 0. The van der Waals surface area contributed by atoms with E-state index in [-0.39, 0.29) is 63.0 Å². The molecule has 0 aromatic carbocycles. The smallest absolute Gasteiger partial charge is 0 e. The standard InChI is InChI=1S/CH6Si.Al.Sn.Ti.5H/c1-2;;;;;;;;/h1-2H3;;;;;;;;. The van der Waals surface area contributed by atoms with Crippen molar-refractivity contribution in [1.29, 1.82) is 0 Å². The second kappa shape index (κ2) is 33.9. The Bertz CT molecular complexity index is 11.6. The molecule has 0 aliphatic carbocycles. The molecule has 0 unspecified atom stereocenters. The minimum atomic E-state index is 0. The van der Waals surface area contributed by atoms with E-state index in [2.05, 4.69) is 6.55 Å². The summed E-state index contributed by atoms with van der Waals surface area (Å²) >= 11 is 0. The third kappa shape index (κ3) is 22.2. The predicted molar refractivity (Wildman–Crippen MR) is 34.3 cm³/mol. The molecule has 4 heteroatoms. The third-order valence-electron chi connectivity index (χ3n) is 0. The summed E-state index contributed by atoms with van der Waals surface area (Å²) in [7, 11) is 1.31. The van der Waals surface area contributed by atoms with Crippen molar-refractivity contribution in [3.05, 3.63) is 0 Å². The van der Waals surface area contributed by atoms with Crippen LogP contribution in [0.2, 0.25) is 6.55 Å². The molecule has 0 bridgehead atoms. The Hall–Kier alpha value is 2.26. The van der Waals surface area contributed by atoms with Gasteiger partial charge in [0.25, 0.3) is 0 Å². The molecular formula is CH11AlSiSnTi. The summed E-state index contributed by atoms with van der Waals surface area (Å²) in [5, 5.41) is 0. The number of hydrogen-bond donors (Lipinski definition) is 0. The molecule has 5 heavy (non-hydrogen) atoms. The van der Waals surface area contributed by atoms with Crippen molar-refractivity contribution in [2.24, 2.45) is 0 Å². The Morgan fingerprint density at radius 3 is 1.20 bits per heavy atom. The largest absolute Gasteiger partial charge is 0 e. The summed E-state index contributed by atoms with van der Waals surface area (Å²) < 4.78 is 0. The van der Waals surface area contributed by atoms with E-state index in [1.165, 1.54) is 10.2 Å². The van der Waals surface area contributed by atoms with E-state index in [1.807, 2.05) is 0 Å². The normalized spacial score (nSPS) is 1.80. The molecule has 0 aliphatic rings. The van der Waals surface area contributed by atoms with Gasteiger partial charge >= 0.3 is 23.9 Å². The first-order chi connectivity index (χ1) is 1.00. The van der Waals surface area contributed by atoms with Crippen LogP contribution in [0.1, 0.15) is 0 Å². The molecule has 2 radical (unpaired) electrons. The number of rotatable bonds is 0. The molecule has 0 saturated heterocycles. The summed E-state index contributed by atoms with van der Waals surface area (Å²) in [6, 6.07) is 0. The van der Waals surface area contributed by atoms with E-state index in [4.69, 9.17) is 0 Å². The average molecular weight is 245 g/mol. The molecule has 0 fully saturated rings. The Kier molecular flexibility index (Phi) is 181. The summed E-state index contributed by atoms with van der Waals surface area (Å²) in [5.41, 5.74) is 0. The van der Waals surface area contributed by atoms with Crippen LogP contribution in [0.15, 0.2) is 0 Å². The van der Waals surface area contributed by atoms with Crippen molar-refractivity contribution in [2.45, 2.75) is 6.55 Å². The summed E-state index contributed by atoms with van der Waals surface area (Å²) in [4.78, 5) is 0. The van der Waals surface area contributed by atoms with Gasteiger partial charge in [-0.05, 0) is 10.2 Å². The van der Waals surface area contributed by atoms with Gasteiger partial charge in [0.15, 0.2) is 17.4 Å². The topological polar surface area (TPSA) is 0 Å². The molecule has 0 heterocycles. The van der Waals surface area contributed by atoms with Gasteiger partial charge < -0.3 is 0 Å². The Morgan fingerprint density at radius 2 is 1.20 bits per heavy atom. The fraction of sp³-hybridized carbons (Fsp3) is 1.00. The fourth-order valence-electron chi connectivity index (χ4n) is 0. The zero-order valence-electron chi connectivity index (χ0n) is 3.21. The minimum absolute atomic E-state index is 0. The average Bonchev–Trinajstić information content (AvgIpc) is 1.00. The van der Waals surface area contributed by atoms with Gasteiger partial charge in [-0.1, -0.05) is 6.55 Å². The molecule has 0 nitrogen and oxygen atoms in total. The van der Waals surface area contributed by atoms with Gasteiger partial charge in [0.1, 0.15) is 0 Å². The van der Waals surface area contributed by atoms with Crippen molar-refractivity contribution in [1.82, 2.24) is 0 Å². The van der Waals surface area contributed by atoms with E-state index in [9.17, 15) is 0 Å². The molecule has 0 saturated carbocycles. The van der Waals surface area contributed by atoms with Gasteiger partial charge in [0, 0.05) is 21.7 Å². The third-order valence-corrected chi connectivity index (χ3v) is 0. The molecule has 0 spiro atoms. The zero-order valence-corrected chi connectivity index (χ0v) is 10.8. The van der Waals surface area contributed by atoms with E-state index in [0.717, 1.165) is 0 Å². The van der Waals surface area contributed by atoms with Gasteiger partial charge in [-0.15, -0.1) is 0 Å². The predicted octanol–water partition coefficient (Wildman–Crippen LogP) is -2.70. The van der Waals surface area contributed by atoms with Gasteiger partial charge in [-0.2, -0.15) is 0 Å². The summed E-state index contributed by atoms with van der Waals surface area (Å²) in [6.45, 7) is 2.14. The van der Waals surface area contributed by atoms with Crippen molar-refractivity contribution < 1.29 is 21.7 Å². The van der Waals surface area contributed by atoms with E-state index < -0.39 is 0 Å². The molecule has 0 aliphatic heterocycles. The number of hydrogen-bond acceptors (Lipinski definition) is 0. The monoisotopic (exact) mass is 246 g/mol. The van der Waals surface area contributed by atoms with Crippen LogP contribution in [-0.4, -0.2) is 51.5 Å². The second-order valence-corrected chi connectivity index (χ2v) is 0. The second-order valence-electron chi connectivity index (χ2n) is 0.